The number of benzene rings is 1. The second-order valence-corrected chi connectivity index (χ2v) is 4.14. The zero-order valence-electron chi connectivity index (χ0n) is 11.3. The van der Waals surface area contributed by atoms with E-state index in [1.54, 1.807) is 0 Å². The van der Waals surface area contributed by atoms with Crippen molar-refractivity contribution in [2.75, 3.05) is 20.2 Å². The van der Waals surface area contributed by atoms with Gasteiger partial charge in [-0.25, -0.2) is 0 Å². The first-order valence-electron chi connectivity index (χ1n) is 6.34. The van der Waals surface area contributed by atoms with Gasteiger partial charge in [0.05, 0.1) is 12.6 Å². The van der Waals surface area contributed by atoms with Gasteiger partial charge in [-0.1, -0.05) is 12.1 Å². The molecule has 0 saturated carbocycles. The third-order valence-electron chi connectivity index (χ3n) is 2.67. The van der Waals surface area contributed by atoms with Gasteiger partial charge in [0.2, 0.25) is 5.91 Å². The van der Waals surface area contributed by atoms with Gasteiger partial charge in [-0.05, 0) is 38.6 Å². The standard InChI is InChI=1S/C14H22N2O2/c1-4-18-13-7-5-12(6-8-13)11(2)16-14(17)9-10-15-3/h5-8,11,15H,4,9-10H2,1-3H3,(H,16,17). The molecule has 0 saturated heterocycles. The third kappa shape index (κ3) is 4.75. The smallest absolute Gasteiger partial charge is 0.221 e. The first kappa shape index (κ1) is 14.5. The Bertz CT molecular complexity index is 363. The van der Waals surface area contributed by atoms with Crippen LogP contribution in [-0.2, 0) is 4.79 Å². The molecule has 0 radical (unpaired) electrons. The Hall–Kier alpha value is -1.55. The van der Waals surface area contributed by atoms with E-state index in [2.05, 4.69) is 10.6 Å². The molecule has 0 fully saturated rings. The molecule has 1 aromatic carbocycles. The minimum absolute atomic E-state index is 0.0185. The van der Waals surface area contributed by atoms with Gasteiger partial charge < -0.3 is 15.4 Å². The van der Waals surface area contributed by atoms with Crippen molar-refractivity contribution in [2.45, 2.75) is 26.3 Å². The average molecular weight is 250 g/mol. The number of nitrogens with one attached hydrogen (secondary N) is 2. The number of carbonyl (C=O) groups excluding carboxylic acids is 1. The lowest BCUT2D eigenvalue weighted by Crippen LogP contribution is -2.28. The maximum atomic E-state index is 11.6. The van der Waals surface area contributed by atoms with Crippen molar-refractivity contribution < 1.29 is 9.53 Å². The minimum Gasteiger partial charge on any atom is -0.494 e. The van der Waals surface area contributed by atoms with Crippen molar-refractivity contribution in [3.05, 3.63) is 29.8 Å². The summed E-state index contributed by atoms with van der Waals surface area (Å²) in [6.45, 7) is 5.29. The predicted molar refractivity (Wildman–Crippen MR) is 72.7 cm³/mol. The molecule has 4 heteroatoms. The van der Waals surface area contributed by atoms with E-state index in [0.717, 1.165) is 11.3 Å². The van der Waals surface area contributed by atoms with Crippen LogP contribution in [0, 0.1) is 0 Å². The van der Waals surface area contributed by atoms with E-state index in [9.17, 15) is 4.79 Å². The molecule has 0 spiro atoms. The van der Waals surface area contributed by atoms with Crippen LogP contribution in [0.5, 0.6) is 5.75 Å². The monoisotopic (exact) mass is 250 g/mol. The Labute approximate surface area is 109 Å². The van der Waals surface area contributed by atoms with Gasteiger partial charge in [0.15, 0.2) is 0 Å². The second-order valence-electron chi connectivity index (χ2n) is 4.14. The van der Waals surface area contributed by atoms with Crippen LogP contribution in [0.1, 0.15) is 31.9 Å². The highest BCUT2D eigenvalue weighted by molar-refractivity contribution is 5.76. The van der Waals surface area contributed by atoms with E-state index in [-0.39, 0.29) is 11.9 Å². The summed E-state index contributed by atoms with van der Waals surface area (Å²) in [5.74, 6) is 0.917. The summed E-state index contributed by atoms with van der Waals surface area (Å²) in [5.41, 5.74) is 1.08. The molecule has 0 heterocycles. The Morgan fingerprint density at radius 3 is 2.56 bits per heavy atom. The van der Waals surface area contributed by atoms with Crippen LogP contribution >= 0.6 is 0 Å². The quantitative estimate of drug-likeness (QED) is 0.776. The molecule has 0 aromatic heterocycles. The van der Waals surface area contributed by atoms with Crippen molar-refractivity contribution in [2.24, 2.45) is 0 Å². The molecule has 1 amide bonds. The summed E-state index contributed by atoms with van der Waals surface area (Å²) in [4.78, 5) is 11.6. The molecule has 0 aliphatic carbocycles. The molecule has 0 aliphatic rings. The lowest BCUT2D eigenvalue weighted by molar-refractivity contribution is -0.121. The molecule has 100 valence electrons. The maximum Gasteiger partial charge on any atom is 0.221 e. The largest absolute Gasteiger partial charge is 0.494 e. The van der Waals surface area contributed by atoms with Crippen molar-refractivity contribution in [1.29, 1.82) is 0 Å². The minimum atomic E-state index is 0.0185. The third-order valence-corrected chi connectivity index (χ3v) is 2.67. The van der Waals surface area contributed by atoms with E-state index in [4.69, 9.17) is 4.74 Å². The van der Waals surface area contributed by atoms with Crippen LogP contribution in [0.4, 0.5) is 0 Å². The SMILES string of the molecule is CCOc1ccc(C(C)NC(=O)CCNC)cc1. The first-order chi connectivity index (χ1) is 8.67. The van der Waals surface area contributed by atoms with Crippen molar-refractivity contribution in [1.82, 2.24) is 10.6 Å². The van der Waals surface area contributed by atoms with Crippen molar-refractivity contribution in [3.8, 4) is 5.75 Å². The van der Waals surface area contributed by atoms with Gasteiger partial charge in [0.25, 0.3) is 0 Å². The molecule has 0 bridgehead atoms. The summed E-state index contributed by atoms with van der Waals surface area (Å²) in [6.07, 6.45) is 0.498. The van der Waals surface area contributed by atoms with Crippen LogP contribution in [0.25, 0.3) is 0 Å². The van der Waals surface area contributed by atoms with Crippen LogP contribution in [0.3, 0.4) is 0 Å². The summed E-state index contributed by atoms with van der Waals surface area (Å²) in [6, 6.07) is 7.83. The van der Waals surface area contributed by atoms with Crippen LogP contribution in [0.2, 0.25) is 0 Å². The lowest BCUT2D eigenvalue weighted by atomic mass is 10.1. The van der Waals surface area contributed by atoms with E-state index >= 15 is 0 Å². The highest BCUT2D eigenvalue weighted by Crippen LogP contribution is 2.17. The average Bonchev–Trinajstić information content (AvgIpc) is 2.37. The Morgan fingerprint density at radius 2 is 2.00 bits per heavy atom. The molecule has 1 atom stereocenters. The molecule has 18 heavy (non-hydrogen) atoms. The topological polar surface area (TPSA) is 50.4 Å². The molecule has 4 nitrogen and oxygen atoms in total. The lowest BCUT2D eigenvalue weighted by Gasteiger charge is -2.15. The molecule has 1 unspecified atom stereocenters. The Morgan fingerprint density at radius 1 is 1.33 bits per heavy atom. The fourth-order valence-electron chi connectivity index (χ4n) is 1.65. The molecular weight excluding hydrogens is 228 g/mol. The molecule has 1 rings (SSSR count). The van der Waals surface area contributed by atoms with Gasteiger partial charge in [0.1, 0.15) is 5.75 Å². The second kappa shape index (κ2) is 7.71. The first-order valence-corrected chi connectivity index (χ1v) is 6.34. The van der Waals surface area contributed by atoms with Crippen molar-refractivity contribution in [3.63, 3.8) is 0 Å². The van der Waals surface area contributed by atoms with Gasteiger partial charge >= 0.3 is 0 Å². The number of ether oxygens (including phenoxy) is 1. The van der Waals surface area contributed by atoms with Crippen LogP contribution < -0.4 is 15.4 Å². The summed E-state index contributed by atoms with van der Waals surface area (Å²) >= 11 is 0. The fraction of sp³-hybridized carbons (Fsp3) is 0.500. The van der Waals surface area contributed by atoms with E-state index in [1.165, 1.54) is 0 Å². The fourth-order valence-corrected chi connectivity index (χ4v) is 1.65. The van der Waals surface area contributed by atoms with Gasteiger partial charge in [0, 0.05) is 13.0 Å². The molecule has 1 aromatic rings. The Balaban J connectivity index is 2.50. The van der Waals surface area contributed by atoms with E-state index in [0.29, 0.717) is 19.6 Å². The highest BCUT2D eigenvalue weighted by atomic mass is 16.5. The van der Waals surface area contributed by atoms with Crippen LogP contribution in [-0.4, -0.2) is 26.1 Å². The molecule has 2 N–H and O–H groups in total. The highest BCUT2D eigenvalue weighted by Gasteiger charge is 2.08. The zero-order chi connectivity index (χ0) is 13.4. The number of rotatable bonds is 7. The predicted octanol–water partition coefficient (Wildman–Crippen LogP) is 1.87. The van der Waals surface area contributed by atoms with E-state index < -0.39 is 0 Å². The van der Waals surface area contributed by atoms with Crippen LogP contribution in [0.15, 0.2) is 24.3 Å². The number of carbonyl (C=O) groups is 1. The van der Waals surface area contributed by atoms with Gasteiger partial charge in [-0.2, -0.15) is 0 Å². The summed E-state index contributed by atoms with van der Waals surface area (Å²) < 4.78 is 5.38. The normalized spacial score (nSPS) is 11.9. The van der Waals surface area contributed by atoms with Gasteiger partial charge in [-0.3, -0.25) is 4.79 Å². The molecule has 0 aliphatic heterocycles. The molecular formula is C14H22N2O2. The summed E-state index contributed by atoms with van der Waals surface area (Å²) in [5, 5.41) is 5.92. The van der Waals surface area contributed by atoms with Crippen molar-refractivity contribution >= 4 is 5.91 Å². The number of hydrogen-bond acceptors (Lipinski definition) is 3. The number of hydrogen-bond donors (Lipinski definition) is 2. The Kier molecular flexibility index (Phi) is 6.22. The van der Waals surface area contributed by atoms with E-state index in [1.807, 2.05) is 45.2 Å². The number of amides is 1. The maximum absolute atomic E-state index is 11.6. The summed E-state index contributed by atoms with van der Waals surface area (Å²) in [7, 11) is 1.84. The zero-order valence-corrected chi connectivity index (χ0v) is 11.3. The van der Waals surface area contributed by atoms with Gasteiger partial charge in [-0.15, -0.1) is 0 Å².